The lowest BCUT2D eigenvalue weighted by Gasteiger charge is -2.24. The Balaban J connectivity index is 0.00000576. The maximum atomic E-state index is 5.61. The molecule has 0 aliphatic rings. The van der Waals surface area contributed by atoms with Crippen LogP contribution in [0.4, 0.5) is 0 Å². The van der Waals surface area contributed by atoms with Crippen LogP contribution in [0.1, 0.15) is 31.9 Å². The van der Waals surface area contributed by atoms with Gasteiger partial charge in [-0.05, 0) is 26.4 Å². The van der Waals surface area contributed by atoms with E-state index in [1.165, 1.54) is 5.56 Å². The monoisotopic (exact) mass is 466 g/mol. The van der Waals surface area contributed by atoms with E-state index in [1.807, 2.05) is 24.1 Å². The predicted molar refractivity (Wildman–Crippen MR) is 115 cm³/mol. The van der Waals surface area contributed by atoms with Crippen molar-refractivity contribution in [2.24, 2.45) is 18.0 Å². The minimum Gasteiger partial charge on any atom is -0.380 e. The lowest BCUT2D eigenvalue weighted by atomic mass is 10.1. The minimum atomic E-state index is 0. The van der Waals surface area contributed by atoms with Gasteiger partial charge in [0.2, 0.25) is 0 Å². The highest BCUT2D eigenvalue weighted by Gasteiger charge is 2.16. The minimum absolute atomic E-state index is 0. The van der Waals surface area contributed by atoms with Crippen molar-refractivity contribution in [3.05, 3.63) is 18.0 Å². The SMILES string of the molecule is CN=C(NCCOCCC(C)C)NCC(c1cnn(C)c1)N(C)C.I. The first-order valence-electron chi connectivity index (χ1n) is 8.61. The van der Waals surface area contributed by atoms with Crippen molar-refractivity contribution in [3.63, 3.8) is 0 Å². The molecular formula is C17H35IN6O. The third-order valence-corrected chi connectivity index (χ3v) is 3.80. The average Bonchev–Trinajstić information content (AvgIpc) is 2.94. The quantitative estimate of drug-likeness (QED) is 0.239. The number of nitrogens with zero attached hydrogens (tertiary/aromatic N) is 4. The number of hydrogen-bond donors (Lipinski definition) is 2. The molecule has 0 saturated carbocycles. The van der Waals surface area contributed by atoms with E-state index in [9.17, 15) is 0 Å². The maximum absolute atomic E-state index is 5.61. The number of nitrogens with one attached hydrogen (secondary N) is 2. The normalized spacial score (nSPS) is 13.0. The number of aromatic nitrogens is 2. The van der Waals surface area contributed by atoms with Crippen molar-refractivity contribution < 1.29 is 4.74 Å². The molecule has 0 aromatic carbocycles. The van der Waals surface area contributed by atoms with Crippen LogP contribution in [-0.4, -0.2) is 68.1 Å². The van der Waals surface area contributed by atoms with Gasteiger partial charge in [0.05, 0.1) is 18.8 Å². The second-order valence-electron chi connectivity index (χ2n) is 6.60. The van der Waals surface area contributed by atoms with Crippen molar-refractivity contribution in [1.82, 2.24) is 25.3 Å². The van der Waals surface area contributed by atoms with E-state index in [0.29, 0.717) is 12.5 Å². The van der Waals surface area contributed by atoms with E-state index in [4.69, 9.17) is 4.74 Å². The number of likely N-dealkylation sites (N-methyl/N-ethyl adjacent to an activating group) is 1. The summed E-state index contributed by atoms with van der Waals surface area (Å²) < 4.78 is 7.44. The molecule has 0 amide bonds. The Bertz CT molecular complexity index is 489. The van der Waals surface area contributed by atoms with E-state index in [1.54, 1.807) is 7.05 Å². The summed E-state index contributed by atoms with van der Waals surface area (Å²) in [5.41, 5.74) is 1.18. The van der Waals surface area contributed by atoms with Crippen LogP contribution >= 0.6 is 24.0 Å². The highest BCUT2D eigenvalue weighted by molar-refractivity contribution is 14.0. The number of aliphatic imine (C=N–C) groups is 1. The zero-order valence-corrected chi connectivity index (χ0v) is 18.8. The molecule has 7 nitrogen and oxygen atoms in total. The van der Waals surface area contributed by atoms with Crippen LogP contribution in [0.15, 0.2) is 17.4 Å². The predicted octanol–water partition coefficient (Wildman–Crippen LogP) is 1.87. The molecule has 0 spiro atoms. The summed E-state index contributed by atoms with van der Waals surface area (Å²) >= 11 is 0. The maximum Gasteiger partial charge on any atom is 0.191 e. The Morgan fingerprint density at radius 3 is 2.56 bits per heavy atom. The molecule has 8 heteroatoms. The molecule has 1 unspecified atom stereocenters. The molecule has 1 rings (SSSR count). The topological polar surface area (TPSA) is 66.7 Å². The molecule has 0 fully saturated rings. The second kappa shape index (κ2) is 13.3. The highest BCUT2D eigenvalue weighted by atomic mass is 127. The van der Waals surface area contributed by atoms with Gasteiger partial charge in [-0.1, -0.05) is 13.8 Å². The Hall–Kier alpha value is -0.870. The van der Waals surface area contributed by atoms with Crippen molar-refractivity contribution in [1.29, 1.82) is 0 Å². The van der Waals surface area contributed by atoms with Gasteiger partial charge in [0.15, 0.2) is 5.96 Å². The summed E-state index contributed by atoms with van der Waals surface area (Å²) in [4.78, 5) is 6.44. The van der Waals surface area contributed by atoms with Crippen LogP contribution in [0.3, 0.4) is 0 Å². The van der Waals surface area contributed by atoms with Crippen molar-refractivity contribution in [3.8, 4) is 0 Å². The Kier molecular flexibility index (Phi) is 12.9. The van der Waals surface area contributed by atoms with E-state index >= 15 is 0 Å². The molecule has 1 atom stereocenters. The summed E-state index contributed by atoms with van der Waals surface area (Å²) in [6.45, 7) is 7.42. The van der Waals surface area contributed by atoms with Gasteiger partial charge in [0.1, 0.15) is 0 Å². The van der Waals surface area contributed by atoms with Crippen LogP contribution in [-0.2, 0) is 11.8 Å². The number of ether oxygens (including phenoxy) is 1. The Morgan fingerprint density at radius 1 is 1.32 bits per heavy atom. The fraction of sp³-hybridized carbons (Fsp3) is 0.765. The molecule has 0 radical (unpaired) electrons. The molecule has 0 bridgehead atoms. The van der Waals surface area contributed by atoms with E-state index in [-0.39, 0.29) is 30.0 Å². The van der Waals surface area contributed by atoms with Crippen LogP contribution in [0.2, 0.25) is 0 Å². The van der Waals surface area contributed by atoms with E-state index < -0.39 is 0 Å². The summed E-state index contributed by atoms with van der Waals surface area (Å²) in [6, 6.07) is 0.236. The van der Waals surface area contributed by atoms with Crippen molar-refractivity contribution in [2.75, 3.05) is 47.4 Å². The van der Waals surface area contributed by atoms with Gasteiger partial charge in [0, 0.05) is 45.6 Å². The number of aryl methyl sites for hydroxylation is 1. The average molecular weight is 466 g/mol. The van der Waals surface area contributed by atoms with E-state index in [2.05, 4.69) is 53.6 Å². The molecule has 0 saturated heterocycles. The standard InChI is InChI=1S/C17H34N6O.HI/c1-14(2)7-9-24-10-8-19-17(18-3)20-12-16(22(4)5)15-11-21-23(6)13-15;/h11,13-14,16H,7-10,12H2,1-6H3,(H2,18,19,20);1H. The van der Waals surface area contributed by atoms with Gasteiger partial charge in [-0.3, -0.25) is 9.67 Å². The molecule has 25 heavy (non-hydrogen) atoms. The summed E-state index contributed by atoms with van der Waals surface area (Å²) in [7, 11) is 7.85. The molecule has 1 aromatic rings. The number of rotatable bonds is 10. The van der Waals surface area contributed by atoms with Crippen LogP contribution in [0, 0.1) is 5.92 Å². The molecule has 146 valence electrons. The van der Waals surface area contributed by atoms with Gasteiger partial charge in [-0.25, -0.2) is 0 Å². The number of hydrogen-bond acceptors (Lipinski definition) is 4. The van der Waals surface area contributed by atoms with Crippen LogP contribution in [0.25, 0.3) is 0 Å². The van der Waals surface area contributed by atoms with E-state index in [0.717, 1.165) is 32.1 Å². The lowest BCUT2D eigenvalue weighted by Crippen LogP contribution is -2.42. The van der Waals surface area contributed by atoms with Crippen LogP contribution < -0.4 is 10.6 Å². The zero-order valence-electron chi connectivity index (χ0n) is 16.5. The molecular weight excluding hydrogens is 431 g/mol. The molecule has 0 aliphatic heterocycles. The third kappa shape index (κ3) is 10.0. The fourth-order valence-electron chi connectivity index (χ4n) is 2.29. The summed E-state index contributed by atoms with van der Waals surface area (Å²) in [5.74, 6) is 1.47. The largest absolute Gasteiger partial charge is 0.380 e. The van der Waals surface area contributed by atoms with Gasteiger partial charge in [-0.15, -0.1) is 24.0 Å². The number of guanidine groups is 1. The number of halogens is 1. The van der Waals surface area contributed by atoms with Gasteiger partial charge >= 0.3 is 0 Å². The third-order valence-electron chi connectivity index (χ3n) is 3.80. The smallest absolute Gasteiger partial charge is 0.191 e. The highest BCUT2D eigenvalue weighted by Crippen LogP contribution is 2.15. The fourth-order valence-corrected chi connectivity index (χ4v) is 2.29. The Labute approximate surface area is 169 Å². The first kappa shape index (κ1) is 24.1. The molecule has 1 aromatic heterocycles. The molecule has 1 heterocycles. The van der Waals surface area contributed by atoms with Crippen LogP contribution in [0.5, 0.6) is 0 Å². The zero-order chi connectivity index (χ0) is 17.9. The summed E-state index contributed by atoms with van der Waals surface area (Å²) in [5, 5.41) is 10.9. The first-order valence-corrected chi connectivity index (χ1v) is 8.61. The first-order chi connectivity index (χ1) is 11.4. The molecule has 0 aliphatic carbocycles. The summed E-state index contributed by atoms with van der Waals surface area (Å²) in [6.07, 6.45) is 5.05. The Morgan fingerprint density at radius 2 is 2.04 bits per heavy atom. The molecule has 2 N–H and O–H groups in total. The lowest BCUT2D eigenvalue weighted by molar-refractivity contribution is 0.128. The van der Waals surface area contributed by atoms with Gasteiger partial charge in [-0.2, -0.15) is 5.10 Å². The van der Waals surface area contributed by atoms with Gasteiger partial charge in [0.25, 0.3) is 0 Å². The van der Waals surface area contributed by atoms with Gasteiger partial charge < -0.3 is 20.3 Å². The second-order valence-corrected chi connectivity index (χ2v) is 6.60. The van der Waals surface area contributed by atoms with Crippen molar-refractivity contribution in [2.45, 2.75) is 26.3 Å². The van der Waals surface area contributed by atoms with Crippen molar-refractivity contribution >= 4 is 29.9 Å².